The summed E-state index contributed by atoms with van der Waals surface area (Å²) in [6.07, 6.45) is 2.94. The molecular weight excluding hydrogens is 212 g/mol. The largest absolute Gasteiger partial charge is 0.396 e. The number of benzene rings is 1. The molecule has 0 aliphatic rings. The van der Waals surface area contributed by atoms with Gasteiger partial charge in [0, 0.05) is 36.8 Å². The lowest BCUT2D eigenvalue weighted by Crippen LogP contribution is -2.20. The van der Waals surface area contributed by atoms with Gasteiger partial charge in [-0.1, -0.05) is 18.2 Å². The van der Waals surface area contributed by atoms with Crippen molar-refractivity contribution in [2.45, 2.75) is 12.5 Å². The van der Waals surface area contributed by atoms with Crippen LogP contribution in [0.2, 0.25) is 0 Å². The SMILES string of the molecule is CN(C)C(CCO)c1cn(C)c2ccccc12. The van der Waals surface area contributed by atoms with Crippen LogP contribution in [-0.2, 0) is 7.05 Å². The van der Waals surface area contributed by atoms with E-state index < -0.39 is 0 Å². The molecule has 92 valence electrons. The van der Waals surface area contributed by atoms with E-state index in [0.29, 0.717) is 0 Å². The first kappa shape index (κ1) is 12.1. The Morgan fingerprint density at radius 3 is 2.65 bits per heavy atom. The number of aromatic nitrogens is 1. The van der Waals surface area contributed by atoms with Crippen LogP contribution in [0.5, 0.6) is 0 Å². The van der Waals surface area contributed by atoms with E-state index in [4.69, 9.17) is 0 Å². The molecule has 1 atom stereocenters. The van der Waals surface area contributed by atoms with Gasteiger partial charge in [-0.05, 0) is 32.1 Å². The summed E-state index contributed by atoms with van der Waals surface area (Å²) in [6, 6.07) is 8.68. The van der Waals surface area contributed by atoms with Gasteiger partial charge in [0.05, 0.1) is 0 Å². The number of hydrogen-bond donors (Lipinski definition) is 1. The van der Waals surface area contributed by atoms with E-state index in [1.165, 1.54) is 16.5 Å². The fraction of sp³-hybridized carbons (Fsp3) is 0.429. The van der Waals surface area contributed by atoms with Gasteiger partial charge in [-0.15, -0.1) is 0 Å². The number of rotatable bonds is 4. The Morgan fingerprint density at radius 1 is 1.29 bits per heavy atom. The van der Waals surface area contributed by atoms with E-state index in [-0.39, 0.29) is 12.6 Å². The van der Waals surface area contributed by atoms with Gasteiger partial charge in [-0.25, -0.2) is 0 Å². The average Bonchev–Trinajstić information content (AvgIpc) is 2.64. The molecule has 0 spiro atoms. The summed E-state index contributed by atoms with van der Waals surface area (Å²) in [6.45, 7) is 0.214. The van der Waals surface area contributed by atoms with Crippen molar-refractivity contribution in [3.8, 4) is 0 Å². The van der Waals surface area contributed by atoms with Crippen LogP contribution in [0.25, 0.3) is 10.9 Å². The van der Waals surface area contributed by atoms with Gasteiger partial charge in [-0.2, -0.15) is 0 Å². The van der Waals surface area contributed by atoms with Crippen molar-refractivity contribution in [3.63, 3.8) is 0 Å². The Bertz CT molecular complexity index is 502. The highest BCUT2D eigenvalue weighted by Gasteiger charge is 2.18. The normalized spacial score (nSPS) is 13.5. The Labute approximate surface area is 102 Å². The highest BCUT2D eigenvalue weighted by molar-refractivity contribution is 5.84. The van der Waals surface area contributed by atoms with Gasteiger partial charge in [0.25, 0.3) is 0 Å². The minimum absolute atomic E-state index is 0.214. The number of para-hydroxylation sites is 1. The van der Waals surface area contributed by atoms with Crippen LogP contribution in [0.4, 0.5) is 0 Å². The highest BCUT2D eigenvalue weighted by atomic mass is 16.3. The molecule has 0 bridgehead atoms. The van der Waals surface area contributed by atoms with Crippen LogP contribution in [0, 0.1) is 0 Å². The number of aliphatic hydroxyl groups is 1. The summed E-state index contributed by atoms with van der Waals surface area (Å²) in [4.78, 5) is 2.16. The Morgan fingerprint density at radius 2 is 2.00 bits per heavy atom. The maximum Gasteiger partial charge on any atom is 0.0481 e. The fourth-order valence-corrected chi connectivity index (χ4v) is 2.45. The van der Waals surface area contributed by atoms with Crippen molar-refractivity contribution in [1.82, 2.24) is 9.47 Å². The molecule has 0 saturated heterocycles. The van der Waals surface area contributed by atoms with E-state index in [0.717, 1.165) is 6.42 Å². The van der Waals surface area contributed by atoms with Gasteiger partial charge < -0.3 is 14.6 Å². The van der Waals surface area contributed by atoms with Crippen LogP contribution in [0.15, 0.2) is 30.5 Å². The lowest BCUT2D eigenvalue weighted by atomic mass is 10.0. The molecule has 2 aromatic rings. The maximum atomic E-state index is 9.19. The van der Waals surface area contributed by atoms with Crippen molar-refractivity contribution < 1.29 is 5.11 Å². The molecule has 0 fully saturated rings. The zero-order valence-corrected chi connectivity index (χ0v) is 10.7. The van der Waals surface area contributed by atoms with E-state index in [1.54, 1.807) is 0 Å². The molecule has 0 aliphatic carbocycles. The topological polar surface area (TPSA) is 28.4 Å². The lowest BCUT2D eigenvalue weighted by molar-refractivity contribution is 0.211. The molecule has 0 saturated carbocycles. The van der Waals surface area contributed by atoms with Gasteiger partial charge in [0.2, 0.25) is 0 Å². The van der Waals surface area contributed by atoms with Crippen molar-refractivity contribution in [3.05, 3.63) is 36.0 Å². The van der Waals surface area contributed by atoms with Crippen molar-refractivity contribution >= 4 is 10.9 Å². The first-order valence-electron chi connectivity index (χ1n) is 5.96. The van der Waals surface area contributed by atoms with Crippen molar-refractivity contribution in [2.24, 2.45) is 7.05 Å². The third-order valence-corrected chi connectivity index (χ3v) is 3.31. The Balaban J connectivity index is 2.53. The van der Waals surface area contributed by atoms with E-state index >= 15 is 0 Å². The van der Waals surface area contributed by atoms with Crippen molar-refractivity contribution in [1.29, 1.82) is 0 Å². The molecule has 0 aliphatic heterocycles. The first-order valence-corrected chi connectivity index (χ1v) is 5.96. The summed E-state index contributed by atoms with van der Waals surface area (Å²) < 4.78 is 2.15. The number of fused-ring (bicyclic) bond motifs is 1. The molecule has 3 nitrogen and oxygen atoms in total. The molecule has 2 rings (SSSR count). The fourth-order valence-electron chi connectivity index (χ4n) is 2.45. The average molecular weight is 232 g/mol. The van der Waals surface area contributed by atoms with Gasteiger partial charge in [0.1, 0.15) is 0 Å². The van der Waals surface area contributed by atoms with Crippen LogP contribution in [0.1, 0.15) is 18.0 Å². The first-order chi connectivity index (χ1) is 8.15. The molecule has 3 heteroatoms. The second-order valence-electron chi connectivity index (χ2n) is 4.70. The summed E-state index contributed by atoms with van der Waals surface area (Å²) >= 11 is 0. The number of aryl methyl sites for hydroxylation is 1. The molecule has 1 aromatic heterocycles. The standard InChI is InChI=1S/C14H20N2O/c1-15(2)13(8-9-17)12-10-16(3)14-7-5-4-6-11(12)14/h4-7,10,13,17H,8-9H2,1-3H3. The smallest absolute Gasteiger partial charge is 0.0481 e. The summed E-state index contributed by atoms with van der Waals surface area (Å²) in [5.41, 5.74) is 2.54. The second kappa shape index (κ2) is 4.90. The van der Waals surface area contributed by atoms with Crippen molar-refractivity contribution in [2.75, 3.05) is 20.7 Å². The minimum Gasteiger partial charge on any atom is -0.396 e. The van der Waals surface area contributed by atoms with E-state index in [1.807, 2.05) is 0 Å². The third kappa shape index (κ3) is 2.21. The molecule has 1 unspecified atom stereocenters. The molecule has 0 radical (unpaired) electrons. The molecule has 1 N–H and O–H groups in total. The summed E-state index contributed by atoms with van der Waals surface area (Å²) in [7, 11) is 6.18. The molecule has 1 heterocycles. The third-order valence-electron chi connectivity index (χ3n) is 3.31. The monoisotopic (exact) mass is 232 g/mol. The van der Waals surface area contributed by atoms with E-state index in [9.17, 15) is 5.11 Å². The number of hydrogen-bond acceptors (Lipinski definition) is 2. The zero-order chi connectivity index (χ0) is 12.4. The zero-order valence-electron chi connectivity index (χ0n) is 10.7. The highest BCUT2D eigenvalue weighted by Crippen LogP contribution is 2.30. The Hall–Kier alpha value is -1.32. The minimum atomic E-state index is 0.214. The molecule has 1 aromatic carbocycles. The van der Waals surface area contributed by atoms with Crippen LogP contribution < -0.4 is 0 Å². The summed E-state index contributed by atoms with van der Waals surface area (Å²) in [5, 5.41) is 10.5. The summed E-state index contributed by atoms with van der Waals surface area (Å²) in [5.74, 6) is 0. The predicted molar refractivity (Wildman–Crippen MR) is 71.0 cm³/mol. The predicted octanol–water partition coefficient (Wildman–Crippen LogP) is 2.16. The van der Waals surface area contributed by atoms with E-state index in [2.05, 4.69) is 61.1 Å². The molecular formula is C14H20N2O. The molecule has 0 amide bonds. The number of nitrogens with zero attached hydrogens (tertiary/aromatic N) is 2. The lowest BCUT2D eigenvalue weighted by Gasteiger charge is -2.23. The van der Waals surface area contributed by atoms with Gasteiger partial charge in [-0.3, -0.25) is 0 Å². The van der Waals surface area contributed by atoms with Crippen LogP contribution in [-0.4, -0.2) is 35.3 Å². The quantitative estimate of drug-likeness (QED) is 0.875. The maximum absolute atomic E-state index is 9.19. The van der Waals surface area contributed by atoms with Gasteiger partial charge >= 0.3 is 0 Å². The van der Waals surface area contributed by atoms with Crippen LogP contribution in [0.3, 0.4) is 0 Å². The second-order valence-corrected chi connectivity index (χ2v) is 4.70. The number of aliphatic hydroxyl groups excluding tert-OH is 1. The molecule has 17 heavy (non-hydrogen) atoms. The van der Waals surface area contributed by atoms with Crippen LogP contribution >= 0.6 is 0 Å². The van der Waals surface area contributed by atoms with Gasteiger partial charge in [0.15, 0.2) is 0 Å². The Kier molecular flexibility index (Phi) is 3.50.